The molecule has 0 aromatic heterocycles. The number of nitrogens with one attached hydrogen (secondary N) is 1. The molecule has 1 amide bonds. The first-order valence-corrected chi connectivity index (χ1v) is 12.2. The van der Waals surface area contributed by atoms with Crippen LogP contribution in [0.25, 0.3) is 0 Å². The van der Waals surface area contributed by atoms with Crippen LogP contribution in [0.4, 0.5) is 5.69 Å². The molecule has 4 rings (SSSR count). The maximum absolute atomic E-state index is 12.9. The SMILES string of the molecule is COc1ccc(S(=O)(=O)N(C)c2ccc(C(=O)N[C@@H](C)c3ccc4c(c3)OCCO4)cc2)cc1. The molecular formula is C25H26N2O6S. The van der Waals surface area contributed by atoms with Crippen molar-refractivity contribution in [3.05, 3.63) is 77.9 Å². The molecule has 1 atom stereocenters. The molecule has 1 aliphatic rings. The molecule has 9 heteroatoms. The molecule has 178 valence electrons. The van der Waals surface area contributed by atoms with Gasteiger partial charge in [0.2, 0.25) is 0 Å². The minimum atomic E-state index is -3.76. The Morgan fingerprint density at radius 1 is 0.971 bits per heavy atom. The fourth-order valence-electron chi connectivity index (χ4n) is 3.56. The number of nitrogens with zero attached hydrogens (tertiary/aromatic N) is 1. The van der Waals surface area contributed by atoms with Crippen molar-refractivity contribution in [1.29, 1.82) is 0 Å². The van der Waals surface area contributed by atoms with Crippen LogP contribution in [0.5, 0.6) is 17.2 Å². The van der Waals surface area contributed by atoms with E-state index in [9.17, 15) is 13.2 Å². The zero-order valence-corrected chi connectivity index (χ0v) is 20.0. The molecular weight excluding hydrogens is 456 g/mol. The summed E-state index contributed by atoms with van der Waals surface area (Å²) in [5.74, 6) is 1.66. The first-order chi connectivity index (χ1) is 16.3. The van der Waals surface area contributed by atoms with E-state index in [4.69, 9.17) is 14.2 Å². The molecule has 0 saturated carbocycles. The van der Waals surface area contributed by atoms with E-state index in [1.807, 2.05) is 25.1 Å². The maximum atomic E-state index is 12.9. The van der Waals surface area contributed by atoms with Gasteiger partial charge in [-0.15, -0.1) is 0 Å². The number of fused-ring (bicyclic) bond motifs is 1. The Labute approximate surface area is 199 Å². The predicted molar refractivity (Wildman–Crippen MR) is 128 cm³/mol. The smallest absolute Gasteiger partial charge is 0.264 e. The van der Waals surface area contributed by atoms with Gasteiger partial charge in [0.1, 0.15) is 19.0 Å². The molecule has 1 N–H and O–H groups in total. The maximum Gasteiger partial charge on any atom is 0.264 e. The second-order valence-corrected chi connectivity index (χ2v) is 9.76. The Balaban J connectivity index is 1.44. The lowest BCUT2D eigenvalue weighted by molar-refractivity contribution is 0.0939. The van der Waals surface area contributed by atoms with Crippen LogP contribution in [0, 0.1) is 0 Å². The van der Waals surface area contributed by atoms with Crippen molar-refractivity contribution in [2.75, 3.05) is 31.7 Å². The molecule has 0 spiro atoms. The number of carbonyl (C=O) groups is 1. The second kappa shape index (κ2) is 9.64. The average molecular weight is 483 g/mol. The lowest BCUT2D eigenvalue weighted by Gasteiger charge is -2.21. The molecule has 0 aliphatic carbocycles. The van der Waals surface area contributed by atoms with Gasteiger partial charge in [-0.2, -0.15) is 0 Å². The van der Waals surface area contributed by atoms with Crippen molar-refractivity contribution in [3.8, 4) is 17.2 Å². The molecule has 3 aromatic rings. The summed E-state index contributed by atoms with van der Waals surface area (Å²) in [6.45, 7) is 2.89. The van der Waals surface area contributed by atoms with E-state index in [1.54, 1.807) is 36.4 Å². The van der Waals surface area contributed by atoms with Crippen LogP contribution in [0.1, 0.15) is 28.9 Å². The Bertz CT molecular complexity index is 1270. The quantitative estimate of drug-likeness (QED) is 0.551. The van der Waals surface area contributed by atoms with E-state index in [0.717, 1.165) is 5.56 Å². The predicted octanol–water partition coefficient (Wildman–Crippen LogP) is 3.78. The lowest BCUT2D eigenvalue weighted by Crippen LogP contribution is -2.28. The van der Waals surface area contributed by atoms with Crippen molar-refractivity contribution in [3.63, 3.8) is 0 Å². The molecule has 3 aromatic carbocycles. The Kier molecular flexibility index (Phi) is 6.65. The molecule has 0 saturated heterocycles. The van der Waals surface area contributed by atoms with Gasteiger partial charge in [0.05, 0.1) is 23.7 Å². The Morgan fingerprint density at radius 3 is 2.26 bits per heavy atom. The largest absolute Gasteiger partial charge is 0.497 e. The summed E-state index contributed by atoms with van der Waals surface area (Å²) >= 11 is 0. The number of amides is 1. The third kappa shape index (κ3) is 4.79. The van der Waals surface area contributed by atoms with Gasteiger partial charge in [0, 0.05) is 12.6 Å². The van der Waals surface area contributed by atoms with Crippen molar-refractivity contribution in [2.24, 2.45) is 0 Å². The Hall–Kier alpha value is -3.72. The van der Waals surface area contributed by atoms with E-state index >= 15 is 0 Å². The molecule has 1 heterocycles. The molecule has 0 bridgehead atoms. The zero-order valence-electron chi connectivity index (χ0n) is 19.1. The van der Waals surface area contributed by atoms with Gasteiger partial charge in [-0.25, -0.2) is 8.42 Å². The van der Waals surface area contributed by atoms with E-state index < -0.39 is 10.0 Å². The van der Waals surface area contributed by atoms with Crippen molar-refractivity contribution >= 4 is 21.6 Å². The number of carbonyl (C=O) groups excluding carboxylic acids is 1. The molecule has 0 unspecified atom stereocenters. The Morgan fingerprint density at radius 2 is 1.62 bits per heavy atom. The number of ether oxygens (including phenoxy) is 3. The number of rotatable bonds is 7. The standard InChI is InChI=1S/C25H26N2O6S/c1-17(19-6-13-23-24(16-19)33-15-14-32-23)26-25(28)18-4-7-20(8-5-18)27(2)34(29,30)22-11-9-21(31-3)10-12-22/h4-13,16-17H,14-15H2,1-3H3,(H,26,28)/t17-/m0/s1. The number of sulfonamides is 1. The number of methoxy groups -OCH3 is 1. The van der Waals surface area contributed by atoms with Crippen molar-refractivity contribution in [1.82, 2.24) is 5.32 Å². The van der Waals surface area contributed by atoms with Crippen LogP contribution in [-0.4, -0.2) is 41.7 Å². The topological polar surface area (TPSA) is 94.2 Å². The number of hydrogen-bond acceptors (Lipinski definition) is 6. The summed E-state index contributed by atoms with van der Waals surface area (Å²) in [5.41, 5.74) is 1.75. The van der Waals surface area contributed by atoms with E-state index in [0.29, 0.717) is 41.7 Å². The zero-order chi connectivity index (χ0) is 24.3. The van der Waals surface area contributed by atoms with Crippen LogP contribution < -0.4 is 23.8 Å². The third-order valence-electron chi connectivity index (χ3n) is 5.62. The van der Waals surface area contributed by atoms with Gasteiger partial charge >= 0.3 is 0 Å². The highest BCUT2D eigenvalue weighted by Gasteiger charge is 2.22. The fourth-order valence-corrected chi connectivity index (χ4v) is 4.76. The minimum Gasteiger partial charge on any atom is -0.497 e. The highest BCUT2D eigenvalue weighted by Crippen LogP contribution is 2.32. The summed E-state index contributed by atoms with van der Waals surface area (Å²) in [5, 5.41) is 2.96. The van der Waals surface area contributed by atoms with Crippen LogP contribution in [0.3, 0.4) is 0 Å². The summed E-state index contributed by atoms with van der Waals surface area (Å²) in [4.78, 5) is 12.9. The molecule has 0 radical (unpaired) electrons. The highest BCUT2D eigenvalue weighted by atomic mass is 32.2. The van der Waals surface area contributed by atoms with Gasteiger partial charge in [0.15, 0.2) is 11.5 Å². The minimum absolute atomic E-state index is 0.144. The van der Waals surface area contributed by atoms with Crippen LogP contribution in [0.2, 0.25) is 0 Å². The molecule has 1 aliphatic heterocycles. The summed E-state index contributed by atoms with van der Waals surface area (Å²) in [7, 11) is -0.769. The average Bonchev–Trinajstić information content (AvgIpc) is 2.88. The second-order valence-electron chi connectivity index (χ2n) is 7.79. The van der Waals surface area contributed by atoms with Gasteiger partial charge in [-0.1, -0.05) is 6.07 Å². The van der Waals surface area contributed by atoms with Gasteiger partial charge in [-0.3, -0.25) is 9.10 Å². The van der Waals surface area contributed by atoms with Gasteiger partial charge < -0.3 is 19.5 Å². The summed E-state index contributed by atoms with van der Waals surface area (Å²) in [6.07, 6.45) is 0. The first-order valence-electron chi connectivity index (χ1n) is 10.7. The number of anilines is 1. The number of hydrogen-bond donors (Lipinski definition) is 1. The number of benzene rings is 3. The molecule has 0 fully saturated rings. The third-order valence-corrected chi connectivity index (χ3v) is 7.42. The molecule has 8 nitrogen and oxygen atoms in total. The van der Waals surface area contributed by atoms with Crippen molar-refractivity contribution < 1.29 is 27.4 Å². The lowest BCUT2D eigenvalue weighted by atomic mass is 10.1. The fraction of sp³-hybridized carbons (Fsp3) is 0.240. The van der Waals surface area contributed by atoms with Crippen LogP contribution >= 0.6 is 0 Å². The normalized spacial score (nSPS) is 13.6. The summed E-state index contributed by atoms with van der Waals surface area (Å²) in [6, 6.07) is 17.9. The van der Waals surface area contributed by atoms with Crippen molar-refractivity contribution in [2.45, 2.75) is 17.9 Å². The monoisotopic (exact) mass is 482 g/mol. The van der Waals surface area contributed by atoms with Crippen LogP contribution in [0.15, 0.2) is 71.6 Å². The first kappa shape index (κ1) is 23.4. The molecule has 34 heavy (non-hydrogen) atoms. The van der Waals surface area contributed by atoms with E-state index in [-0.39, 0.29) is 16.8 Å². The van der Waals surface area contributed by atoms with E-state index in [2.05, 4.69) is 5.32 Å². The highest BCUT2D eigenvalue weighted by molar-refractivity contribution is 7.92. The van der Waals surface area contributed by atoms with E-state index in [1.165, 1.54) is 30.6 Å². The van der Waals surface area contributed by atoms with Gasteiger partial charge in [-0.05, 0) is 73.2 Å². The summed E-state index contributed by atoms with van der Waals surface area (Å²) < 4.78 is 43.3. The van der Waals surface area contributed by atoms with Gasteiger partial charge in [0.25, 0.3) is 15.9 Å². The van der Waals surface area contributed by atoms with Crippen LogP contribution in [-0.2, 0) is 10.0 Å².